The van der Waals surface area contributed by atoms with Gasteiger partial charge in [-0.25, -0.2) is 0 Å². The molecule has 0 atom stereocenters. The largest absolute Gasteiger partial charge is 0.340 e. The van der Waals surface area contributed by atoms with E-state index in [-0.39, 0.29) is 5.91 Å². The molecular weight excluding hydrogens is 354 g/mol. The smallest absolute Gasteiger partial charge is 0.227 e. The summed E-state index contributed by atoms with van der Waals surface area (Å²) in [5, 5.41) is 0. The van der Waals surface area contributed by atoms with Crippen molar-refractivity contribution in [3.05, 3.63) is 64.4 Å². The third-order valence-electron chi connectivity index (χ3n) is 4.15. The Morgan fingerprint density at radius 3 is 2.57 bits per heavy atom. The zero-order valence-electron chi connectivity index (χ0n) is 13.0. The Bertz CT molecular complexity index is 654. The van der Waals surface area contributed by atoms with E-state index in [1.807, 2.05) is 41.4 Å². The molecule has 0 saturated carbocycles. The highest BCUT2D eigenvalue weighted by Crippen LogP contribution is 2.17. The second-order valence-electron chi connectivity index (χ2n) is 5.79. The molecule has 0 aliphatic carbocycles. The molecule has 1 amide bonds. The van der Waals surface area contributed by atoms with E-state index in [0.717, 1.165) is 42.8 Å². The molecule has 4 nitrogen and oxygen atoms in total. The van der Waals surface area contributed by atoms with Gasteiger partial charge in [0.25, 0.3) is 0 Å². The van der Waals surface area contributed by atoms with Crippen LogP contribution in [0.2, 0.25) is 0 Å². The van der Waals surface area contributed by atoms with Crippen LogP contribution in [0.5, 0.6) is 0 Å². The van der Waals surface area contributed by atoms with Gasteiger partial charge in [-0.15, -0.1) is 0 Å². The molecular formula is C18H20BrN3O. The molecule has 1 saturated heterocycles. The van der Waals surface area contributed by atoms with Crippen molar-refractivity contribution in [3.63, 3.8) is 0 Å². The van der Waals surface area contributed by atoms with E-state index >= 15 is 0 Å². The lowest BCUT2D eigenvalue weighted by atomic mass is 10.1. The van der Waals surface area contributed by atoms with Gasteiger partial charge in [0, 0.05) is 49.6 Å². The maximum Gasteiger partial charge on any atom is 0.227 e. The van der Waals surface area contributed by atoms with Crippen molar-refractivity contribution < 1.29 is 4.79 Å². The molecule has 5 heteroatoms. The zero-order chi connectivity index (χ0) is 16.1. The van der Waals surface area contributed by atoms with Crippen molar-refractivity contribution in [2.45, 2.75) is 13.0 Å². The van der Waals surface area contributed by atoms with Gasteiger partial charge >= 0.3 is 0 Å². The van der Waals surface area contributed by atoms with Gasteiger partial charge in [0.1, 0.15) is 0 Å². The van der Waals surface area contributed by atoms with Gasteiger partial charge in [-0.1, -0.05) is 40.2 Å². The summed E-state index contributed by atoms with van der Waals surface area (Å²) in [6.07, 6.45) is 4.16. The van der Waals surface area contributed by atoms with Crippen molar-refractivity contribution >= 4 is 21.8 Å². The van der Waals surface area contributed by atoms with Gasteiger partial charge in [0.15, 0.2) is 0 Å². The Labute approximate surface area is 145 Å². The predicted octanol–water partition coefficient (Wildman–Crippen LogP) is 2.73. The van der Waals surface area contributed by atoms with Crippen LogP contribution in [0.3, 0.4) is 0 Å². The number of piperazine rings is 1. The van der Waals surface area contributed by atoms with Gasteiger partial charge in [-0.3, -0.25) is 14.7 Å². The van der Waals surface area contributed by atoms with E-state index in [9.17, 15) is 4.79 Å². The number of carbonyl (C=O) groups is 1. The Kier molecular flexibility index (Phi) is 5.41. The number of carbonyl (C=O) groups excluding carboxylic acids is 1. The first-order valence-corrected chi connectivity index (χ1v) is 8.64. The summed E-state index contributed by atoms with van der Waals surface area (Å²) in [5.41, 5.74) is 2.27. The topological polar surface area (TPSA) is 36.4 Å². The fourth-order valence-corrected chi connectivity index (χ4v) is 3.25. The van der Waals surface area contributed by atoms with Crippen molar-refractivity contribution in [2.24, 2.45) is 0 Å². The highest BCUT2D eigenvalue weighted by Gasteiger charge is 2.21. The maximum absolute atomic E-state index is 12.5. The molecule has 2 heterocycles. The molecule has 0 radical (unpaired) electrons. The second kappa shape index (κ2) is 7.70. The van der Waals surface area contributed by atoms with E-state index in [1.54, 1.807) is 6.20 Å². The van der Waals surface area contributed by atoms with Gasteiger partial charge in [-0.05, 0) is 23.3 Å². The summed E-state index contributed by atoms with van der Waals surface area (Å²) in [5.74, 6) is 0.206. The summed E-state index contributed by atoms with van der Waals surface area (Å²) in [6, 6.07) is 12.0. The SMILES string of the molecule is O=C(Cc1ccccc1Br)N1CCN(Cc2cccnc2)CC1. The molecule has 0 spiro atoms. The van der Waals surface area contributed by atoms with E-state index in [0.29, 0.717) is 6.42 Å². The predicted molar refractivity (Wildman–Crippen MR) is 93.9 cm³/mol. The normalized spacial score (nSPS) is 15.6. The monoisotopic (exact) mass is 373 g/mol. The van der Waals surface area contributed by atoms with Gasteiger partial charge in [0.2, 0.25) is 5.91 Å². The highest BCUT2D eigenvalue weighted by atomic mass is 79.9. The number of aromatic nitrogens is 1. The average molecular weight is 374 g/mol. The number of amides is 1. The molecule has 2 aromatic rings. The summed E-state index contributed by atoms with van der Waals surface area (Å²) in [6.45, 7) is 4.32. The minimum atomic E-state index is 0.206. The van der Waals surface area contributed by atoms with E-state index in [4.69, 9.17) is 0 Å². The minimum absolute atomic E-state index is 0.206. The van der Waals surface area contributed by atoms with Crippen LogP contribution in [-0.2, 0) is 17.8 Å². The summed E-state index contributed by atoms with van der Waals surface area (Å²) < 4.78 is 1.00. The van der Waals surface area contributed by atoms with Gasteiger partial charge in [-0.2, -0.15) is 0 Å². The van der Waals surface area contributed by atoms with E-state index < -0.39 is 0 Å². The van der Waals surface area contributed by atoms with Crippen LogP contribution in [0.4, 0.5) is 0 Å². The molecule has 23 heavy (non-hydrogen) atoms. The molecule has 120 valence electrons. The Morgan fingerprint density at radius 2 is 1.87 bits per heavy atom. The Hall–Kier alpha value is -1.72. The van der Waals surface area contributed by atoms with Crippen LogP contribution in [0.1, 0.15) is 11.1 Å². The average Bonchev–Trinajstić information content (AvgIpc) is 2.58. The maximum atomic E-state index is 12.5. The van der Waals surface area contributed by atoms with Gasteiger partial charge < -0.3 is 4.90 Å². The molecule has 0 N–H and O–H groups in total. The standard InChI is InChI=1S/C18H20BrN3O/c19-17-6-2-1-5-16(17)12-18(23)22-10-8-21(9-11-22)14-15-4-3-7-20-13-15/h1-7,13H,8-12,14H2. The first-order chi connectivity index (χ1) is 11.2. The van der Waals surface area contributed by atoms with Crippen LogP contribution >= 0.6 is 15.9 Å². The van der Waals surface area contributed by atoms with Crippen LogP contribution in [0.25, 0.3) is 0 Å². The zero-order valence-corrected chi connectivity index (χ0v) is 14.6. The minimum Gasteiger partial charge on any atom is -0.340 e. The first kappa shape index (κ1) is 16.1. The van der Waals surface area contributed by atoms with E-state index in [2.05, 4.69) is 31.9 Å². The van der Waals surface area contributed by atoms with Crippen LogP contribution < -0.4 is 0 Å². The first-order valence-electron chi connectivity index (χ1n) is 7.85. The Balaban J connectivity index is 1.50. The molecule has 1 aromatic carbocycles. The van der Waals surface area contributed by atoms with Crippen molar-refractivity contribution in [2.75, 3.05) is 26.2 Å². The number of halogens is 1. The summed E-state index contributed by atoms with van der Waals surface area (Å²) in [7, 11) is 0. The number of nitrogens with zero attached hydrogens (tertiary/aromatic N) is 3. The number of hydrogen-bond acceptors (Lipinski definition) is 3. The lowest BCUT2D eigenvalue weighted by Crippen LogP contribution is -2.48. The lowest BCUT2D eigenvalue weighted by Gasteiger charge is -2.34. The molecule has 3 rings (SSSR count). The van der Waals surface area contributed by atoms with Crippen molar-refractivity contribution in [1.82, 2.24) is 14.8 Å². The summed E-state index contributed by atoms with van der Waals surface area (Å²) >= 11 is 3.51. The molecule has 1 fully saturated rings. The van der Waals surface area contributed by atoms with Crippen molar-refractivity contribution in [1.29, 1.82) is 0 Å². The fraction of sp³-hybridized carbons (Fsp3) is 0.333. The van der Waals surface area contributed by atoms with E-state index in [1.165, 1.54) is 5.56 Å². The van der Waals surface area contributed by atoms with Crippen LogP contribution in [-0.4, -0.2) is 46.9 Å². The number of rotatable bonds is 4. The molecule has 1 aromatic heterocycles. The second-order valence-corrected chi connectivity index (χ2v) is 6.64. The third kappa shape index (κ3) is 4.39. The number of benzene rings is 1. The van der Waals surface area contributed by atoms with Crippen molar-refractivity contribution in [3.8, 4) is 0 Å². The summed E-state index contributed by atoms with van der Waals surface area (Å²) in [4.78, 5) is 21.0. The number of pyridine rings is 1. The third-order valence-corrected chi connectivity index (χ3v) is 4.93. The quantitative estimate of drug-likeness (QED) is 0.826. The Morgan fingerprint density at radius 1 is 1.09 bits per heavy atom. The lowest BCUT2D eigenvalue weighted by molar-refractivity contribution is -0.132. The van der Waals surface area contributed by atoms with Crippen LogP contribution in [0.15, 0.2) is 53.3 Å². The molecule has 0 unspecified atom stereocenters. The molecule has 1 aliphatic rings. The highest BCUT2D eigenvalue weighted by molar-refractivity contribution is 9.10. The molecule has 1 aliphatic heterocycles. The van der Waals surface area contributed by atoms with Crippen LogP contribution in [0, 0.1) is 0 Å². The fourth-order valence-electron chi connectivity index (χ4n) is 2.82. The molecule has 0 bridgehead atoms. The van der Waals surface area contributed by atoms with Gasteiger partial charge in [0.05, 0.1) is 6.42 Å². The number of hydrogen-bond donors (Lipinski definition) is 0.